The highest BCUT2D eigenvalue weighted by Crippen LogP contribution is 2.23. The number of para-hydroxylation sites is 1. The molecule has 32 heavy (non-hydrogen) atoms. The standard InChI is InChI=1S/C23H22N6O3/c1-3-29-14-20(21(28-29)23(31)24-16-9-5-4-6-10-16)25-22(30)19-13-18(26-27-19)15-8-7-11-17(12-15)32-2/h4-14H,3H2,1-2H3,(H,24,31)(H,25,30)(H,26,27). The number of ether oxygens (including phenoxy) is 1. The third-order valence-corrected chi connectivity index (χ3v) is 4.77. The van der Waals surface area contributed by atoms with Gasteiger partial charge in [-0.3, -0.25) is 19.4 Å². The fraction of sp³-hybridized carbons (Fsp3) is 0.130. The summed E-state index contributed by atoms with van der Waals surface area (Å²) in [5.41, 5.74) is 2.72. The second kappa shape index (κ2) is 9.17. The lowest BCUT2D eigenvalue weighted by Crippen LogP contribution is -2.18. The average molecular weight is 430 g/mol. The van der Waals surface area contributed by atoms with E-state index in [0.29, 0.717) is 29.4 Å². The molecule has 2 amide bonds. The van der Waals surface area contributed by atoms with E-state index in [9.17, 15) is 9.59 Å². The highest BCUT2D eigenvalue weighted by atomic mass is 16.5. The van der Waals surface area contributed by atoms with Crippen LogP contribution in [0.4, 0.5) is 11.4 Å². The van der Waals surface area contributed by atoms with E-state index in [1.807, 2.05) is 49.4 Å². The van der Waals surface area contributed by atoms with Gasteiger partial charge < -0.3 is 15.4 Å². The summed E-state index contributed by atoms with van der Waals surface area (Å²) in [7, 11) is 1.59. The number of hydrogen-bond donors (Lipinski definition) is 3. The van der Waals surface area contributed by atoms with Crippen LogP contribution in [-0.4, -0.2) is 38.9 Å². The van der Waals surface area contributed by atoms with Crippen LogP contribution < -0.4 is 15.4 Å². The molecule has 0 atom stereocenters. The van der Waals surface area contributed by atoms with Gasteiger partial charge in [-0.25, -0.2) is 0 Å². The zero-order valence-electron chi connectivity index (χ0n) is 17.6. The maximum absolute atomic E-state index is 12.8. The quantitative estimate of drug-likeness (QED) is 0.413. The lowest BCUT2D eigenvalue weighted by molar-refractivity contribution is 0.102. The zero-order valence-corrected chi connectivity index (χ0v) is 17.6. The highest BCUT2D eigenvalue weighted by Gasteiger charge is 2.20. The third kappa shape index (κ3) is 4.51. The van der Waals surface area contributed by atoms with Gasteiger partial charge in [-0.15, -0.1) is 0 Å². The molecule has 0 spiro atoms. The second-order valence-electron chi connectivity index (χ2n) is 6.92. The average Bonchev–Trinajstić information content (AvgIpc) is 3.47. The van der Waals surface area contributed by atoms with Crippen molar-refractivity contribution >= 4 is 23.2 Å². The van der Waals surface area contributed by atoms with Gasteiger partial charge in [0.2, 0.25) is 0 Å². The van der Waals surface area contributed by atoms with Crippen LogP contribution in [0.15, 0.2) is 66.9 Å². The van der Waals surface area contributed by atoms with Crippen molar-refractivity contribution in [2.45, 2.75) is 13.5 Å². The Morgan fingerprint density at radius 3 is 2.59 bits per heavy atom. The molecule has 0 aliphatic rings. The highest BCUT2D eigenvalue weighted by molar-refractivity contribution is 6.11. The monoisotopic (exact) mass is 430 g/mol. The first kappa shape index (κ1) is 20.9. The molecule has 0 aliphatic heterocycles. The van der Waals surface area contributed by atoms with E-state index < -0.39 is 11.8 Å². The zero-order chi connectivity index (χ0) is 22.5. The summed E-state index contributed by atoms with van der Waals surface area (Å²) in [5, 5.41) is 16.8. The van der Waals surface area contributed by atoms with Crippen molar-refractivity contribution in [2.24, 2.45) is 0 Å². The number of aromatic amines is 1. The third-order valence-electron chi connectivity index (χ3n) is 4.77. The maximum atomic E-state index is 12.8. The van der Waals surface area contributed by atoms with Gasteiger partial charge in [-0.1, -0.05) is 30.3 Å². The van der Waals surface area contributed by atoms with E-state index >= 15 is 0 Å². The SMILES string of the molecule is CCn1cc(NC(=O)c2cc(-c3cccc(OC)c3)n[nH]2)c(C(=O)Nc2ccccc2)n1. The Bertz CT molecular complexity index is 1250. The molecule has 2 heterocycles. The summed E-state index contributed by atoms with van der Waals surface area (Å²) in [4.78, 5) is 25.6. The van der Waals surface area contributed by atoms with Gasteiger partial charge in [-0.05, 0) is 37.3 Å². The molecule has 0 bridgehead atoms. The number of hydrogen-bond acceptors (Lipinski definition) is 5. The van der Waals surface area contributed by atoms with Crippen molar-refractivity contribution in [3.63, 3.8) is 0 Å². The van der Waals surface area contributed by atoms with E-state index in [1.54, 1.807) is 36.2 Å². The number of anilines is 2. The molecule has 4 rings (SSSR count). The molecule has 0 unspecified atom stereocenters. The number of aromatic nitrogens is 4. The van der Waals surface area contributed by atoms with E-state index in [2.05, 4.69) is 25.9 Å². The Hall–Kier alpha value is -4.40. The molecule has 2 aromatic carbocycles. The number of H-pyrrole nitrogens is 1. The van der Waals surface area contributed by atoms with Crippen LogP contribution in [0, 0.1) is 0 Å². The minimum atomic E-state index is -0.434. The number of carbonyl (C=O) groups excluding carboxylic acids is 2. The molecule has 162 valence electrons. The predicted molar refractivity (Wildman–Crippen MR) is 121 cm³/mol. The van der Waals surface area contributed by atoms with Gasteiger partial charge in [-0.2, -0.15) is 10.2 Å². The van der Waals surface area contributed by atoms with Crippen molar-refractivity contribution in [3.8, 4) is 17.0 Å². The normalized spacial score (nSPS) is 10.6. The number of aryl methyl sites for hydroxylation is 1. The molecule has 0 saturated carbocycles. The van der Waals surface area contributed by atoms with Gasteiger partial charge in [0.25, 0.3) is 11.8 Å². The molecule has 4 aromatic rings. The van der Waals surface area contributed by atoms with Crippen LogP contribution in [-0.2, 0) is 6.54 Å². The lowest BCUT2D eigenvalue weighted by atomic mass is 10.1. The van der Waals surface area contributed by atoms with Gasteiger partial charge in [0.15, 0.2) is 5.69 Å². The van der Waals surface area contributed by atoms with Crippen LogP contribution in [0.5, 0.6) is 5.75 Å². The summed E-state index contributed by atoms with van der Waals surface area (Å²) in [6, 6.07) is 18.1. The number of nitrogens with one attached hydrogen (secondary N) is 3. The summed E-state index contributed by atoms with van der Waals surface area (Å²) in [6.07, 6.45) is 1.62. The van der Waals surface area contributed by atoms with Crippen molar-refractivity contribution in [1.82, 2.24) is 20.0 Å². The number of benzene rings is 2. The predicted octanol–water partition coefficient (Wildman–Crippen LogP) is 3.81. The molecular weight excluding hydrogens is 408 g/mol. The van der Waals surface area contributed by atoms with Crippen LogP contribution >= 0.6 is 0 Å². The minimum absolute atomic E-state index is 0.122. The van der Waals surface area contributed by atoms with Crippen LogP contribution in [0.25, 0.3) is 11.3 Å². The maximum Gasteiger partial charge on any atom is 0.278 e. The number of rotatable bonds is 7. The topological polar surface area (TPSA) is 114 Å². The molecule has 2 aromatic heterocycles. The number of carbonyl (C=O) groups is 2. The van der Waals surface area contributed by atoms with Gasteiger partial charge in [0.1, 0.15) is 11.4 Å². The summed E-state index contributed by atoms with van der Waals surface area (Å²) >= 11 is 0. The van der Waals surface area contributed by atoms with Crippen molar-refractivity contribution in [1.29, 1.82) is 0 Å². The molecule has 3 N–H and O–H groups in total. The molecule has 9 nitrogen and oxygen atoms in total. The van der Waals surface area contributed by atoms with E-state index in [1.165, 1.54) is 0 Å². The number of nitrogens with zero attached hydrogens (tertiary/aromatic N) is 3. The summed E-state index contributed by atoms with van der Waals surface area (Å²) in [6.45, 7) is 2.44. The first-order valence-corrected chi connectivity index (χ1v) is 10.0. The molecule has 0 fully saturated rings. The largest absolute Gasteiger partial charge is 0.497 e. The fourth-order valence-electron chi connectivity index (χ4n) is 3.11. The Morgan fingerprint density at radius 1 is 1.03 bits per heavy atom. The van der Waals surface area contributed by atoms with Crippen LogP contribution in [0.1, 0.15) is 27.9 Å². The minimum Gasteiger partial charge on any atom is -0.497 e. The van der Waals surface area contributed by atoms with Gasteiger partial charge in [0.05, 0.1) is 18.5 Å². The summed E-state index contributed by atoms with van der Waals surface area (Å²) in [5.74, 6) is -0.158. The van der Waals surface area contributed by atoms with E-state index in [4.69, 9.17) is 4.74 Å². The van der Waals surface area contributed by atoms with E-state index in [0.717, 1.165) is 5.56 Å². The van der Waals surface area contributed by atoms with Crippen LogP contribution in [0.2, 0.25) is 0 Å². The second-order valence-corrected chi connectivity index (χ2v) is 6.92. The van der Waals surface area contributed by atoms with Crippen molar-refractivity contribution in [3.05, 3.63) is 78.2 Å². The molecule has 0 saturated heterocycles. The number of amides is 2. The van der Waals surface area contributed by atoms with Crippen molar-refractivity contribution < 1.29 is 14.3 Å². The first-order valence-electron chi connectivity index (χ1n) is 10.0. The van der Waals surface area contributed by atoms with Crippen LogP contribution in [0.3, 0.4) is 0 Å². The smallest absolute Gasteiger partial charge is 0.278 e. The Labute approximate surface area is 184 Å². The first-order chi connectivity index (χ1) is 15.6. The Morgan fingerprint density at radius 2 is 1.84 bits per heavy atom. The molecule has 9 heteroatoms. The van der Waals surface area contributed by atoms with Gasteiger partial charge in [0, 0.05) is 24.0 Å². The Kier molecular flexibility index (Phi) is 5.98. The van der Waals surface area contributed by atoms with E-state index in [-0.39, 0.29) is 11.4 Å². The Balaban J connectivity index is 1.54. The molecular formula is C23H22N6O3. The summed E-state index contributed by atoms with van der Waals surface area (Å²) < 4.78 is 6.82. The molecule has 0 radical (unpaired) electrons. The molecule has 0 aliphatic carbocycles. The van der Waals surface area contributed by atoms with Gasteiger partial charge >= 0.3 is 0 Å². The van der Waals surface area contributed by atoms with Crippen molar-refractivity contribution in [2.75, 3.05) is 17.7 Å². The fourth-order valence-corrected chi connectivity index (χ4v) is 3.11. The number of methoxy groups -OCH3 is 1. The lowest BCUT2D eigenvalue weighted by Gasteiger charge is -2.05.